The van der Waals surface area contributed by atoms with E-state index in [-0.39, 0.29) is 12.7 Å². The average Bonchev–Trinajstić information content (AvgIpc) is 2.75. The maximum Gasteiger partial charge on any atom is 0.335 e. The summed E-state index contributed by atoms with van der Waals surface area (Å²) in [4.78, 5) is 41.9. The highest BCUT2D eigenvalue weighted by molar-refractivity contribution is 6.44. The van der Waals surface area contributed by atoms with Gasteiger partial charge in [-0.2, -0.15) is 0 Å². The zero-order valence-corrected chi connectivity index (χ0v) is 13.3. The second kappa shape index (κ2) is 6.10. The van der Waals surface area contributed by atoms with Crippen LogP contribution in [-0.4, -0.2) is 77.8 Å². The predicted octanol–water partition coefficient (Wildman–Crippen LogP) is 0.353. The second-order valence-corrected chi connectivity index (χ2v) is 6.02. The maximum absolute atomic E-state index is 12.1. The Kier molecular flexibility index (Phi) is 4.14. The Morgan fingerprint density at radius 2 is 1.70 bits per heavy atom. The van der Waals surface area contributed by atoms with Crippen molar-refractivity contribution in [2.75, 3.05) is 40.4 Å². The summed E-state index contributed by atoms with van der Waals surface area (Å²) in [5, 5.41) is 0. The molecule has 0 aromatic heterocycles. The van der Waals surface area contributed by atoms with Gasteiger partial charge < -0.3 is 4.90 Å². The van der Waals surface area contributed by atoms with E-state index < -0.39 is 17.8 Å². The van der Waals surface area contributed by atoms with Gasteiger partial charge in [0.2, 0.25) is 0 Å². The lowest BCUT2D eigenvalue weighted by Gasteiger charge is -2.41. The Morgan fingerprint density at radius 1 is 1.00 bits per heavy atom. The van der Waals surface area contributed by atoms with Gasteiger partial charge in [-0.25, -0.2) is 9.69 Å². The van der Waals surface area contributed by atoms with Crippen LogP contribution < -0.4 is 0 Å². The molecule has 4 amide bonds. The summed E-state index contributed by atoms with van der Waals surface area (Å²) < 4.78 is 0. The number of likely N-dealkylation sites (N-methyl/N-ethyl adjacent to an activating group) is 2. The minimum Gasteiger partial charge on any atom is -0.303 e. The SMILES string of the molecule is CN1CCN(CN2C(=O)C(=O)N(C)C2=O)[C@H](c2ccccc2)C1. The number of hydrogen-bond donors (Lipinski definition) is 0. The quantitative estimate of drug-likeness (QED) is 0.595. The number of carbonyl (C=O) groups is 3. The van der Waals surface area contributed by atoms with Crippen molar-refractivity contribution in [1.29, 1.82) is 0 Å². The summed E-state index contributed by atoms with van der Waals surface area (Å²) in [6.07, 6.45) is 0. The van der Waals surface area contributed by atoms with E-state index in [0.717, 1.165) is 35.0 Å². The van der Waals surface area contributed by atoms with Crippen LogP contribution in [0.1, 0.15) is 11.6 Å². The van der Waals surface area contributed by atoms with Gasteiger partial charge in [-0.05, 0) is 12.6 Å². The Balaban J connectivity index is 1.81. The number of carbonyl (C=O) groups excluding carboxylic acids is 3. The molecular weight excluding hydrogens is 296 g/mol. The van der Waals surface area contributed by atoms with Gasteiger partial charge in [0.1, 0.15) is 0 Å². The topological polar surface area (TPSA) is 64.2 Å². The van der Waals surface area contributed by atoms with Crippen LogP contribution in [0.25, 0.3) is 0 Å². The molecule has 0 spiro atoms. The zero-order valence-electron chi connectivity index (χ0n) is 13.3. The van der Waals surface area contributed by atoms with E-state index >= 15 is 0 Å². The number of benzene rings is 1. The maximum atomic E-state index is 12.1. The Labute approximate surface area is 135 Å². The highest BCUT2D eigenvalue weighted by Gasteiger charge is 2.43. The number of hydrogen-bond acceptors (Lipinski definition) is 5. The Morgan fingerprint density at radius 3 is 2.30 bits per heavy atom. The van der Waals surface area contributed by atoms with E-state index in [4.69, 9.17) is 0 Å². The Bertz CT molecular complexity index is 633. The molecule has 0 aliphatic carbocycles. The van der Waals surface area contributed by atoms with Gasteiger partial charge in [0.05, 0.1) is 6.67 Å². The first-order chi connectivity index (χ1) is 11.0. The summed E-state index contributed by atoms with van der Waals surface area (Å²) in [6.45, 7) is 2.53. The zero-order chi connectivity index (χ0) is 16.6. The summed E-state index contributed by atoms with van der Waals surface area (Å²) in [7, 11) is 3.39. The minimum atomic E-state index is -0.764. The van der Waals surface area contributed by atoms with Crippen molar-refractivity contribution in [3.8, 4) is 0 Å². The molecule has 0 bridgehead atoms. The van der Waals surface area contributed by atoms with Gasteiger partial charge in [-0.3, -0.25) is 19.4 Å². The van der Waals surface area contributed by atoms with Gasteiger partial charge in [-0.15, -0.1) is 0 Å². The molecule has 2 aliphatic rings. The van der Waals surface area contributed by atoms with Crippen molar-refractivity contribution in [2.24, 2.45) is 0 Å². The smallest absolute Gasteiger partial charge is 0.303 e. The summed E-state index contributed by atoms with van der Waals surface area (Å²) in [5.74, 6) is -1.51. The van der Waals surface area contributed by atoms with Gasteiger partial charge >= 0.3 is 17.8 Å². The second-order valence-electron chi connectivity index (χ2n) is 6.02. The molecule has 1 aromatic carbocycles. The molecule has 0 saturated carbocycles. The van der Waals surface area contributed by atoms with Crippen LogP contribution in [0.4, 0.5) is 4.79 Å². The van der Waals surface area contributed by atoms with Crippen molar-refractivity contribution in [3.05, 3.63) is 35.9 Å². The van der Waals surface area contributed by atoms with Crippen molar-refractivity contribution in [1.82, 2.24) is 19.6 Å². The number of imide groups is 2. The molecule has 122 valence electrons. The molecule has 3 rings (SSSR count). The fraction of sp³-hybridized carbons (Fsp3) is 0.438. The fourth-order valence-corrected chi connectivity index (χ4v) is 3.04. The molecule has 0 N–H and O–H groups in total. The van der Waals surface area contributed by atoms with Crippen LogP contribution in [-0.2, 0) is 9.59 Å². The average molecular weight is 316 g/mol. The van der Waals surface area contributed by atoms with Crippen LogP contribution in [0.15, 0.2) is 30.3 Å². The standard InChI is InChI=1S/C16H20N4O3/c1-17-8-9-19(13(10-17)12-6-4-3-5-7-12)11-20-15(22)14(21)18(2)16(20)23/h3-7,13H,8-11H2,1-2H3/t13-/m0/s1. The fourth-order valence-electron chi connectivity index (χ4n) is 3.04. The van der Waals surface area contributed by atoms with Crippen LogP contribution in [0.2, 0.25) is 0 Å². The highest BCUT2D eigenvalue weighted by Crippen LogP contribution is 2.26. The minimum absolute atomic E-state index is 0.0801. The van der Waals surface area contributed by atoms with Crippen LogP contribution in [0, 0.1) is 0 Å². The first-order valence-electron chi connectivity index (χ1n) is 7.60. The number of urea groups is 1. The van der Waals surface area contributed by atoms with E-state index in [1.165, 1.54) is 7.05 Å². The molecule has 2 aliphatic heterocycles. The molecule has 0 unspecified atom stereocenters. The Hall–Kier alpha value is -2.25. The third-order valence-electron chi connectivity index (χ3n) is 4.45. The highest BCUT2D eigenvalue weighted by atomic mass is 16.2. The molecule has 7 heteroatoms. The molecule has 0 radical (unpaired) electrons. The molecule has 1 atom stereocenters. The van der Waals surface area contributed by atoms with E-state index in [2.05, 4.69) is 16.8 Å². The number of rotatable bonds is 3. The van der Waals surface area contributed by atoms with Gasteiger partial charge in [0, 0.05) is 32.7 Å². The van der Waals surface area contributed by atoms with Crippen LogP contribution in [0.3, 0.4) is 0 Å². The largest absolute Gasteiger partial charge is 0.335 e. The predicted molar refractivity (Wildman–Crippen MR) is 83.3 cm³/mol. The van der Waals surface area contributed by atoms with E-state index in [1.54, 1.807) is 0 Å². The molecule has 2 heterocycles. The normalized spacial score (nSPS) is 23.9. The lowest BCUT2D eigenvalue weighted by atomic mass is 10.0. The summed E-state index contributed by atoms with van der Waals surface area (Å²) in [5.41, 5.74) is 1.14. The van der Waals surface area contributed by atoms with E-state index in [9.17, 15) is 14.4 Å². The van der Waals surface area contributed by atoms with Gasteiger partial charge in [-0.1, -0.05) is 30.3 Å². The third kappa shape index (κ3) is 2.85. The summed E-state index contributed by atoms with van der Waals surface area (Å²) >= 11 is 0. The van der Waals surface area contributed by atoms with Crippen molar-refractivity contribution >= 4 is 17.8 Å². The van der Waals surface area contributed by atoms with Crippen molar-refractivity contribution in [2.45, 2.75) is 6.04 Å². The first kappa shape index (κ1) is 15.6. The lowest BCUT2D eigenvalue weighted by molar-refractivity contribution is -0.143. The number of nitrogens with zero attached hydrogens (tertiary/aromatic N) is 4. The lowest BCUT2D eigenvalue weighted by Crippen LogP contribution is -2.51. The molecular formula is C16H20N4O3. The van der Waals surface area contributed by atoms with E-state index in [0.29, 0.717) is 0 Å². The van der Waals surface area contributed by atoms with Crippen molar-refractivity contribution < 1.29 is 14.4 Å². The number of amides is 4. The van der Waals surface area contributed by atoms with Crippen LogP contribution >= 0.6 is 0 Å². The van der Waals surface area contributed by atoms with E-state index in [1.807, 2.05) is 30.3 Å². The van der Waals surface area contributed by atoms with Gasteiger partial charge in [0.15, 0.2) is 0 Å². The van der Waals surface area contributed by atoms with Crippen molar-refractivity contribution in [3.63, 3.8) is 0 Å². The number of piperazine rings is 1. The monoisotopic (exact) mass is 316 g/mol. The first-order valence-corrected chi connectivity index (χ1v) is 7.60. The molecule has 7 nitrogen and oxygen atoms in total. The molecule has 1 aromatic rings. The molecule has 2 saturated heterocycles. The van der Waals surface area contributed by atoms with Gasteiger partial charge in [0.25, 0.3) is 0 Å². The molecule has 2 fully saturated rings. The molecule has 23 heavy (non-hydrogen) atoms. The summed E-state index contributed by atoms with van der Waals surface area (Å²) in [6, 6.07) is 9.53. The third-order valence-corrected chi connectivity index (χ3v) is 4.45. The van der Waals surface area contributed by atoms with Crippen LogP contribution in [0.5, 0.6) is 0 Å².